The van der Waals surface area contributed by atoms with Crippen LogP contribution in [-0.2, 0) is 13.6 Å². The molecule has 31 heavy (non-hydrogen) atoms. The molecule has 4 rings (SSSR count). The molecule has 170 valence electrons. The Morgan fingerprint density at radius 3 is 2.68 bits per heavy atom. The molecule has 1 saturated carbocycles. The predicted octanol–water partition coefficient (Wildman–Crippen LogP) is 4.33. The summed E-state index contributed by atoms with van der Waals surface area (Å²) in [5.41, 5.74) is 0. The molecule has 2 aromatic rings. The Morgan fingerprint density at radius 2 is 1.97 bits per heavy atom. The fourth-order valence-electron chi connectivity index (χ4n) is 4.14. The van der Waals surface area contributed by atoms with Crippen molar-refractivity contribution in [3.8, 4) is 5.75 Å². The predicted molar refractivity (Wildman–Crippen MR) is 134 cm³/mol. The van der Waals surface area contributed by atoms with E-state index in [0.29, 0.717) is 17.6 Å². The van der Waals surface area contributed by atoms with E-state index >= 15 is 0 Å². The van der Waals surface area contributed by atoms with Crippen LogP contribution in [0.2, 0.25) is 5.02 Å². The Bertz CT molecular complexity index is 883. The molecule has 1 aromatic heterocycles. The van der Waals surface area contributed by atoms with Gasteiger partial charge in [-0.15, -0.1) is 34.2 Å². The molecule has 1 aliphatic carbocycles. The number of nitrogens with zero attached hydrogens (tertiary/aromatic N) is 5. The summed E-state index contributed by atoms with van der Waals surface area (Å²) in [5, 5.41) is 12.8. The normalized spacial score (nSPS) is 19.9. The lowest BCUT2D eigenvalue weighted by atomic mass is 9.96. The fourth-order valence-corrected chi connectivity index (χ4v) is 4.32. The van der Waals surface area contributed by atoms with E-state index < -0.39 is 0 Å². The molecule has 1 atom stereocenters. The zero-order chi connectivity index (χ0) is 20.9. The van der Waals surface area contributed by atoms with E-state index in [1.807, 2.05) is 42.8 Å². The highest BCUT2D eigenvalue weighted by atomic mass is 127. The molecule has 0 amide bonds. The molecule has 0 bridgehead atoms. The molecule has 1 N–H and O–H groups in total. The Balaban J connectivity index is 0.00000272. The van der Waals surface area contributed by atoms with Crippen molar-refractivity contribution < 1.29 is 4.74 Å². The van der Waals surface area contributed by atoms with Gasteiger partial charge in [-0.1, -0.05) is 43.0 Å². The molecule has 7 nitrogen and oxygen atoms in total. The van der Waals surface area contributed by atoms with Crippen LogP contribution in [0.5, 0.6) is 5.75 Å². The van der Waals surface area contributed by atoms with E-state index in [-0.39, 0.29) is 30.1 Å². The summed E-state index contributed by atoms with van der Waals surface area (Å²) in [6.45, 7) is 4.17. The first-order chi connectivity index (χ1) is 14.6. The van der Waals surface area contributed by atoms with E-state index in [1.54, 1.807) is 0 Å². The van der Waals surface area contributed by atoms with Gasteiger partial charge in [0, 0.05) is 26.1 Å². The summed E-state index contributed by atoms with van der Waals surface area (Å²) >= 11 is 6.27. The van der Waals surface area contributed by atoms with Crippen molar-refractivity contribution >= 4 is 41.5 Å². The fraction of sp³-hybridized carbons (Fsp3) is 0.591. The smallest absolute Gasteiger partial charge is 0.194 e. The van der Waals surface area contributed by atoms with Crippen molar-refractivity contribution in [1.29, 1.82) is 0 Å². The van der Waals surface area contributed by atoms with Crippen molar-refractivity contribution in [3.63, 3.8) is 0 Å². The minimum atomic E-state index is 0. The number of halogens is 2. The minimum Gasteiger partial charge on any atom is -0.487 e. The Labute approximate surface area is 206 Å². The minimum absolute atomic E-state index is 0. The zero-order valence-corrected chi connectivity index (χ0v) is 21.3. The van der Waals surface area contributed by atoms with Crippen LogP contribution in [0.4, 0.5) is 0 Å². The lowest BCUT2D eigenvalue weighted by Gasteiger charge is -2.29. The molecule has 1 unspecified atom stereocenters. The van der Waals surface area contributed by atoms with E-state index in [4.69, 9.17) is 21.3 Å². The SMILES string of the molecule is Cc1nnc(CN=C(NC2CCCCC2)N2CCC(Oc3ccccc3Cl)C2)n1C.I. The topological polar surface area (TPSA) is 67.6 Å². The second-order valence-corrected chi connectivity index (χ2v) is 8.65. The van der Waals surface area contributed by atoms with E-state index in [2.05, 4.69) is 20.4 Å². The van der Waals surface area contributed by atoms with E-state index in [0.717, 1.165) is 42.9 Å². The summed E-state index contributed by atoms with van der Waals surface area (Å²) < 4.78 is 8.17. The van der Waals surface area contributed by atoms with Crippen LogP contribution < -0.4 is 10.1 Å². The maximum Gasteiger partial charge on any atom is 0.194 e. The molecule has 0 radical (unpaired) electrons. The highest BCUT2D eigenvalue weighted by Gasteiger charge is 2.28. The number of guanidine groups is 1. The highest BCUT2D eigenvalue weighted by molar-refractivity contribution is 14.0. The highest BCUT2D eigenvalue weighted by Crippen LogP contribution is 2.27. The number of aliphatic imine (C=N–C) groups is 1. The maximum absolute atomic E-state index is 6.27. The van der Waals surface area contributed by atoms with Gasteiger partial charge in [-0.25, -0.2) is 4.99 Å². The summed E-state index contributed by atoms with van der Waals surface area (Å²) in [4.78, 5) is 7.23. The first-order valence-electron chi connectivity index (χ1n) is 10.9. The number of para-hydroxylation sites is 1. The van der Waals surface area contributed by atoms with Crippen LogP contribution in [0, 0.1) is 6.92 Å². The van der Waals surface area contributed by atoms with Crippen LogP contribution in [0.15, 0.2) is 29.3 Å². The summed E-state index contributed by atoms with van der Waals surface area (Å²) in [6.07, 6.45) is 7.35. The third-order valence-electron chi connectivity index (χ3n) is 6.07. The van der Waals surface area contributed by atoms with E-state index in [9.17, 15) is 0 Å². The molecular formula is C22H32ClIN6O. The number of ether oxygens (including phenoxy) is 1. The number of benzene rings is 1. The number of aromatic nitrogens is 3. The molecule has 2 aliphatic rings. The van der Waals surface area contributed by atoms with Gasteiger partial charge >= 0.3 is 0 Å². The van der Waals surface area contributed by atoms with Crippen molar-refractivity contribution in [2.75, 3.05) is 13.1 Å². The lowest BCUT2D eigenvalue weighted by Crippen LogP contribution is -2.46. The maximum atomic E-state index is 6.27. The van der Waals surface area contributed by atoms with E-state index in [1.165, 1.54) is 32.1 Å². The van der Waals surface area contributed by atoms with Gasteiger partial charge in [0.05, 0.1) is 11.6 Å². The van der Waals surface area contributed by atoms with Gasteiger partial charge in [0.1, 0.15) is 24.2 Å². The average Bonchev–Trinajstić information content (AvgIpc) is 3.35. The van der Waals surface area contributed by atoms with Crippen LogP contribution in [0.3, 0.4) is 0 Å². The lowest BCUT2D eigenvalue weighted by molar-refractivity contribution is 0.213. The largest absolute Gasteiger partial charge is 0.487 e. The number of nitrogens with one attached hydrogen (secondary N) is 1. The Kier molecular flexibility index (Phi) is 8.83. The second-order valence-electron chi connectivity index (χ2n) is 8.25. The summed E-state index contributed by atoms with van der Waals surface area (Å²) in [6, 6.07) is 8.15. The van der Waals surface area contributed by atoms with Crippen molar-refractivity contribution in [1.82, 2.24) is 25.0 Å². The van der Waals surface area contributed by atoms with Gasteiger partial charge in [-0.2, -0.15) is 0 Å². The van der Waals surface area contributed by atoms with Gasteiger partial charge in [0.25, 0.3) is 0 Å². The monoisotopic (exact) mass is 558 g/mol. The number of hydrogen-bond acceptors (Lipinski definition) is 4. The first-order valence-corrected chi connectivity index (χ1v) is 11.3. The Hall–Kier alpha value is -1.55. The van der Waals surface area contributed by atoms with Crippen LogP contribution in [0.1, 0.15) is 50.2 Å². The van der Waals surface area contributed by atoms with Crippen molar-refractivity contribution in [2.24, 2.45) is 12.0 Å². The van der Waals surface area contributed by atoms with Crippen LogP contribution in [0.25, 0.3) is 0 Å². The van der Waals surface area contributed by atoms with Crippen molar-refractivity contribution in [3.05, 3.63) is 40.9 Å². The van der Waals surface area contributed by atoms with Gasteiger partial charge < -0.3 is 19.5 Å². The number of rotatable bonds is 5. The molecule has 2 heterocycles. The molecule has 2 fully saturated rings. The number of likely N-dealkylation sites (tertiary alicyclic amines) is 1. The summed E-state index contributed by atoms with van der Waals surface area (Å²) in [7, 11) is 1.98. The molecular weight excluding hydrogens is 527 g/mol. The van der Waals surface area contributed by atoms with Gasteiger partial charge in [-0.05, 0) is 31.9 Å². The standard InChI is InChI=1S/C22H31ClN6O.HI/c1-16-26-27-21(28(16)2)14-24-22(25-17-8-4-3-5-9-17)29-13-12-18(15-29)30-20-11-7-6-10-19(20)23;/h6-7,10-11,17-18H,3-5,8-9,12-15H2,1-2H3,(H,24,25);1H. The molecule has 1 aliphatic heterocycles. The Morgan fingerprint density at radius 1 is 1.19 bits per heavy atom. The van der Waals surface area contributed by atoms with Gasteiger partial charge in [-0.3, -0.25) is 0 Å². The third-order valence-corrected chi connectivity index (χ3v) is 6.38. The number of aryl methyl sites for hydroxylation is 1. The quantitative estimate of drug-likeness (QED) is 0.336. The molecule has 0 spiro atoms. The van der Waals surface area contributed by atoms with Crippen LogP contribution >= 0.6 is 35.6 Å². The third kappa shape index (κ3) is 6.25. The second kappa shape index (κ2) is 11.4. The first kappa shape index (κ1) is 24.1. The summed E-state index contributed by atoms with van der Waals surface area (Å²) in [5.74, 6) is 3.47. The molecule has 1 aromatic carbocycles. The molecule has 1 saturated heterocycles. The van der Waals surface area contributed by atoms with Crippen molar-refractivity contribution in [2.45, 2.75) is 64.1 Å². The average molecular weight is 559 g/mol. The number of hydrogen-bond donors (Lipinski definition) is 1. The van der Waals surface area contributed by atoms with Gasteiger partial charge in [0.15, 0.2) is 11.8 Å². The molecule has 9 heteroatoms. The zero-order valence-electron chi connectivity index (χ0n) is 18.3. The van der Waals surface area contributed by atoms with Crippen LogP contribution in [-0.4, -0.2) is 50.9 Å². The van der Waals surface area contributed by atoms with Gasteiger partial charge in [0.2, 0.25) is 0 Å².